The van der Waals surface area contributed by atoms with E-state index in [1.807, 2.05) is 0 Å². The summed E-state index contributed by atoms with van der Waals surface area (Å²) in [6.07, 6.45) is 2.05. The molecule has 0 aliphatic heterocycles. The van der Waals surface area contributed by atoms with Gasteiger partial charge >= 0.3 is 0 Å². The molecule has 0 heterocycles. The molecule has 1 amide bonds. The lowest BCUT2D eigenvalue weighted by Crippen LogP contribution is -2.28. The monoisotopic (exact) mass is 255 g/mol. The number of hydrogen-bond donors (Lipinski definition) is 3. The molecule has 0 spiro atoms. The highest BCUT2D eigenvalue weighted by molar-refractivity contribution is 6.34. The van der Waals surface area contributed by atoms with Crippen molar-refractivity contribution in [3.8, 4) is 0 Å². The van der Waals surface area contributed by atoms with Crippen LogP contribution in [0.25, 0.3) is 0 Å². The van der Waals surface area contributed by atoms with Crippen LogP contribution in [0.5, 0.6) is 0 Å². The molecular weight excluding hydrogens is 238 g/mol. The van der Waals surface area contributed by atoms with E-state index < -0.39 is 5.91 Å². The van der Waals surface area contributed by atoms with Crippen molar-refractivity contribution in [2.24, 2.45) is 11.5 Å². The van der Waals surface area contributed by atoms with Crippen LogP contribution in [-0.4, -0.2) is 18.5 Å². The third-order valence-electron chi connectivity index (χ3n) is 2.53. The molecule has 0 fully saturated rings. The number of benzene rings is 1. The van der Waals surface area contributed by atoms with Gasteiger partial charge in [0.2, 0.25) is 5.91 Å². The highest BCUT2D eigenvalue weighted by atomic mass is 35.5. The van der Waals surface area contributed by atoms with Gasteiger partial charge in [0.15, 0.2) is 0 Å². The fraction of sp³-hybridized carbons (Fsp3) is 0.417. The van der Waals surface area contributed by atoms with E-state index in [-0.39, 0.29) is 6.04 Å². The van der Waals surface area contributed by atoms with Crippen LogP contribution in [0.2, 0.25) is 5.02 Å². The van der Waals surface area contributed by atoms with Crippen LogP contribution >= 0.6 is 11.6 Å². The van der Waals surface area contributed by atoms with Crippen LogP contribution in [0, 0.1) is 0 Å². The highest BCUT2D eigenvalue weighted by Crippen LogP contribution is 2.21. The Morgan fingerprint density at radius 2 is 2.24 bits per heavy atom. The zero-order chi connectivity index (χ0) is 12.8. The fourth-order valence-electron chi connectivity index (χ4n) is 1.64. The number of nitrogens with one attached hydrogen (secondary N) is 1. The Kier molecular flexibility index (Phi) is 5.25. The van der Waals surface area contributed by atoms with Gasteiger partial charge in [-0.1, -0.05) is 24.9 Å². The Morgan fingerprint density at radius 1 is 1.53 bits per heavy atom. The van der Waals surface area contributed by atoms with Gasteiger partial charge in [-0.2, -0.15) is 0 Å². The molecule has 5 heteroatoms. The van der Waals surface area contributed by atoms with Gasteiger partial charge in [-0.15, -0.1) is 0 Å². The number of primary amides is 1. The lowest BCUT2D eigenvalue weighted by molar-refractivity contribution is 0.100. The fourth-order valence-corrected chi connectivity index (χ4v) is 1.91. The van der Waals surface area contributed by atoms with Crippen molar-refractivity contribution in [2.75, 3.05) is 11.9 Å². The maximum absolute atomic E-state index is 11.0. The highest BCUT2D eigenvalue weighted by Gasteiger charge is 2.09. The molecule has 4 nitrogen and oxygen atoms in total. The quantitative estimate of drug-likeness (QED) is 0.727. The first kappa shape index (κ1) is 13.8. The molecule has 0 radical (unpaired) electrons. The number of amides is 1. The molecule has 0 saturated carbocycles. The lowest BCUT2D eigenvalue weighted by atomic mass is 10.1. The minimum atomic E-state index is -0.523. The predicted molar refractivity (Wildman–Crippen MR) is 71.3 cm³/mol. The molecule has 0 bridgehead atoms. The Balaban J connectivity index is 2.79. The molecule has 17 heavy (non-hydrogen) atoms. The molecule has 0 aliphatic carbocycles. The predicted octanol–water partition coefficient (Wildman–Crippen LogP) is 1.98. The summed E-state index contributed by atoms with van der Waals surface area (Å²) in [6.45, 7) is 2.66. The van der Waals surface area contributed by atoms with E-state index in [0.717, 1.165) is 18.5 Å². The van der Waals surface area contributed by atoms with E-state index >= 15 is 0 Å². The maximum Gasteiger partial charge on any atom is 0.250 e. The van der Waals surface area contributed by atoms with Gasteiger partial charge in [0.25, 0.3) is 0 Å². The third kappa shape index (κ3) is 3.91. The molecule has 1 rings (SSSR count). The van der Waals surface area contributed by atoms with E-state index in [1.54, 1.807) is 18.2 Å². The number of rotatable bonds is 6. The van der Waals surface area contributed by atoms with Gasteiger partial charge in [0, 0.05) is 18.3 Å². The average Bonchev–Trinajstić information content (AvgIpc) is 2.28. The van der Waals surface area contributed by atoms with E-state index in [2.05, 4.69) is 12.2 Å². The summed E-state index contributed by atoms with van der Waals surface area (Å²) in [5.41, 5.74) is 12.0. The minimum absolute atomic E-state index is 0.218. The first-order chi connectivity index (χ1) is 8.08. The molecule has 1 aromatic carbocycles. The van der Waals surface area contributed by atoms with Gasteiger partial charge < -0.3 is 16.8 Å². The second kappa shape index (κ2) is 6.47. The topological polar surface area (TPSA) is 81.1 Å². The number of anilines is 1. The number of carbonyl (C=O) groups excluding carboxylic acids is 1. The van der Waals surface area contributed by atoms with Crippen molar-refractivity contribution in [3.05, 3.63) is 28.8 Å². The lowest BCUT2D eigenvalue weighted by Gasteiger charge is -2.17. The molecule has 0 saturated heterocycles. The van der Waals surface area contributed by atoms with Crippen molar-refractivity contribution < 1.29 is 4.79 Å². The summed E-state index contributed by atoms with van der Waals surface area (Å²) in [5.74, 6) is -0.523. The smallest absolute Gasteiger partial charge is 0.250 e. The van der Waals surface area contributed by atoms with Crippen LogP contribution in [0.1, 0.15) is 30.1 Å². The summed E-state index contributed by atoms with van der Waals surface area (Å²) in [6, 6.07) is 5.31. The molecule has 0 aliphatic rings. The van der Waals surface area contributed by atoms with Gasteiger partial charge in [-0.25, -0.2) is 0 Å². The van der Waals surface area contributed by atoms with E-state index in [4.69, 9.17) is 23.1 Å². The van der Waals surface area contributed by atoms with Crippen LogP contribution in [-0.2, 0) is 0 Å². The second-order valence-electron chi connectivity index (χ2n) is 3.92. The van der Waals surface area contributed by atoms with Crippen LogP contribution in [0.3, 0.4) is 0 Å². The number of nitrogens with two attached hydrogens (primary N) is 2. The second-order valence-corrected chi connectivity index (χ2v) is 4.33. The number of carbonyl (C=O) groups is 1. The Bertz CT molecular complexity index is 395. The largest absolute Gasteiger partial charge is 0.381 e. The normalized spacial score (nSPS) is 12.2. The van der Waals surface area contributed by atoms with E-state index in [0.29, 0.717) is 17.1 Å². The van der Waals surface area contributed by atoms with Crippen LogP contribution in [0.4, 0.5) is 5.69 Å². The molecule has 0 aromatic heterocycles. The van der Waals surface area contributed by atoms with Gasteiger partial charge in [-0.3, -0.25) is 4.79 Å². The molecule has 5 N–H and O–H groups in total. The third-order valence-corrected chi connectivity index (χ3v) is 2.84. The zero-order valence-electron chi connectivity index (χ0n) is 9.87. The average molecular weight is 256 g/mol. The Labute approximate surface area is 106 Å². The molecule has 1 unspecified atom stereocenters. The van der Waals surface area contributed by atoms with Crippen molar-refractivity contribution in [1.29, 1.82) is 0 Å². The van der Waals surface area contributed by atoms with Crippen molar-refractivity contribution in [1.82, 2.24) is 0 Å². The summed E-state index contributed by atoms with van der Waals surface area (Å²) >= 11 is 5.96. The Morgan fingerprint density at radius 3 is 2.71 bits per heavy atom. The van der Waals surface area contributed by atoms with Crippen LogP contribution in [0.15, 0.2) is 18.2 Å². The number of halogens is 1. The SMILES string of the molecule is CCCC(CN)Nc1ccc(C(N)=O)c(Cl)c1. The first-order valence-corrected chi connectivity index (χ1v) is 6.02. The van der Waals surface area contributed by atoms with Crippen LogP contribution < -0.4 is 16.8 Å². The van der Waals surface area contributed by atoms with E-state index in [1.165, 1.54) is 0 Å². The minimum Gasteiger partial charge on any atom is -0.381 e. The molecule has 1 atom stereocenters. The van der Waals surface area contributed by atoms with Crippen molar-refractivity contribution in [2.45, 2.75) is 25.8 Å². The van der Waals surface area contributed by atoms with Crippen molar-refractivity contribution >= 4 is 23.2 Å². The maximum atomic E-state index is 11.0. The number of hydrogen-bond acceptors (Lipinski definition) is 3. The summed E-state index contributed by atoms with van der Waals surface area (Å²) in [5, 5.41) is 3.63. The molecular formula is C12H18ClN3O. The Hall–Kier alpha value is -1.26. The molecule has 94 valence electrons. The summed E-state index contributed by atoms with van der Waals surface area (Å²) < 4.78 is 0. The zero-order valence-corrected chi connectivity index (χ0v) is 10.6. The van der Waals surface area contributed by atoms with Gasteiger partial charge in [-0.05, 0) is 24.6 Å². The van der Waals surface area contributed by atoms with Crippen molar-refractivity contribution in [3.63, 3.8) is 0 Å². The van der Waals surface area contributed by atoms with Gasteiger partial charge in [0.05, 0.1) is 10.6 Å². The van der Waals surface area contributed by atoms with E-state index in [9.17, 15) is 4.79 Å². The standard InChI is InChI=1S/C12H18ClN3O/c1-2-3-9(7-14)16-8-4-5-10(12(15)17)11(13)6-8/h4-6,9,16H,2-3,7,14H2,1H3,(H2,15,17). The first-order valence-electron chi connectivity index (χ1n) is 5.64. The van der Waals surface area contributed by atoms with Gasteiger partial charge in [0.1, 0.15) is 0 Å². The summed E-state index contributed by atoms with van der Waals surface area (Å²) in [4.78, 5) is 11.0. The summed E-state index contributed by atoms with van der Waals surface area (Å²) in [7, 11) is 0. The molecule has 1 aromatic rings.